The van der Waals surface area contributed by atoms with Gasteiger partial charge in [-0.25, -0.2) is 4.39 Å². The van der Waals surface area contributed by atoms with Crippen molar-refractivity contribution < 1.29 is 22.6 Å². The number of aliphatic imine (C=N–C) groups is 1. The summed E-state index contributed by atoms with van der Waals surface area (Å²) in [5, 5.41) is 14.7. The first-order valence-corrected chi connectivity index (χ1v) is 9.30. The Bertz CT molecular complexity index is 914. The first-order chi connectivity index (χ1) is 14.5. The molecular weight excluding hydrogens is 397 g/mol. The molecule has 0 fully saturated rings. The van der Waals surface area contributed by atoms with Crippen molar-refractivity contribution in [2.24, 2.45) is 4.99 Å². The van der Waals surface area contributed by atoms with Gasteiger partial charge in [-0.15, -0.1) is 0 Å². The zero-order chi connectivity index (χ0) is 21.9. The molecule has 0 unspecified atom stereocenters. The molecule has 0 atom stereocenters. The summed E-state index contributed by atoms with van der Waals surface area (Å²) in [4.78, 5) is 4.04. The number of halogens is 3. The molecule has 2 N–H and O–H groups in total. The zero-order valence-corrected chi connectivity index (χ0v) is 16.7. The van der Waals surface area contributed by atoms with E-state index < -0.39 is 12.4 Å². The van der Waals surface area contributed by atoms with Gasteiger partial charge in [0.25, 0.3) is 0 Å². The summed E-state index contributed by atoms with van der Waals surface area (Å²) in [7, 11) is 1.53. The van der Waals surface area contributed by atoms with Gasteiger partial charge in [-0.2, -0.15) is 14.0 Å². The maximum Gasteiger partial charge on any atom is 0.387 e. The van der Waals surface area contributed by atoms with E-state index in [1.54, 1.807) is 12.1 Å². The summed E-state index contributed by atoms with van der Waals surface area (Å²) >= 11 is 0. The highest BCUT2D eigenvalue weighted by Gasteiger charge is 2.12. The molecule has 0 amide bonds. The average Bonchev–Trinajstić information content (AvgIpc) is 2.73. The second-order valence-corrected chi connectivity index (χ2v) is 6.19. The first-order valence-electron chi connectivity index (χ1n) is 9.30. The van der Waals surface area contributed by atoms with Crippen molar-refractivity contribution in [3.05, 3.63) is 58.9 Å². The summed E-state index contributed by atoms with van der Waals surface area (Å²) in [6.45, 7) is -0.291. The smallest absolute Gasteiger partial charge is 0.387 e. The summed E-state index contributed by atoms with van der Waals surface area (Å²) < 4.78 is 49.6. The third-order valence-electron chi connectivity index (χ3n) is 4.03. The predicted molar refractivity (Wildman–Crippen MR) is 107 cm³/mol. The molecule has 2 aromatic carbocycles. The lowest BCUT2D eigenvalue weighted by molar-refractivity contribution is -0.0505. The van der Waals surface area contributed by atoms with Gasteiger partial charge in [0, 0.05) is 37.3 Å². The number of nitrogens with one attached hydrogen (secondary N) is 2. The van der Waals surface area contributed by atoms with Crippen LogP contribution in [0.25, 0.3) is 0 Å². The molecule has 0 aromatic heterocycles. The monoisotopic (exact) mass is 420 g/mol. The highest BCUT2D eigenvalue weighted by molar-refractivity contribution is 5.79. The van der Waals surface area contributed by atoms with Crippen molar-refractivity contribution in [1.29, 1.82) is 5.26 Å². The number of hydrogen-bond donors (Lipinski definition) is 2. The van der Waals surface area contributed by atoms with Crippen LogP contribution in [0.2, 0.25) is 0 Å². The normalized spacial score (nSPS) is 11.2. The Morgan fingerprint density at radius 3 is 2.43 bits per heavy atom. The minimum atomic E-state index is -2.97. The zero-order valence-electron chi connectivity index (χ0n) is 16.7. The first kappa shape index (κ1) is 22.9. The van der Waals surface area contributed by atoms with Crippen LogP contribution in [0.3, 0.4) is 0 Å². The van der Waals surface area contributed by atoms with E-state index in [9.17, 15) is 13.2 Å². The SMILES string of the molecule is CCCOc1ccc(CNC(=NC)NCc2ccc(C#N)cc2F)c(OC(F)F)c1. The second kappa shape index (κ2) is 11.6. The van der Waals surface area contributed by atoms with Gasteiger partial charge in [-0.1, -0.05) is 13.0 Å². The fourth-order valence-corrected chi connectivity index (χ4v) is 2.54. The maximum absolute atomic E-state index is 14.0. The van der Waals surface area contributed by atoms with E-state index in [2.05, 4.69) is 20.4 Å². The molecule has 160 valence electrons. The van der Waals surface area contributed by atoms with Gasteiger partial charge in [-0.05, 0) is 30.7 Å². The predicted octanol–water partition coefficient (Wildman–Crippen LogP) is 3.95. The van der Waals surface area contributed by atoms with Crippen LogP contribution < -0.4 is 20.1 Å². The van der Waals surface area contributed by atoms with Crippen LogP contribution in [0.1, 0.15) is 30.0 Å². The molecule has 2 rings (SSSR count). The van der Waals surface area contributed by atoms with Crippen molar-refractivity contribution in [1.82, 2.24) is 10.6 Å². The second-order valence-electron chi connectivity index (χ2n) is 6.19. The van der Waals surface area contributed by atoms with Gasteiger partial charge >= 0.3 is 6.61 Å². The molecule has 0 saturated carbocycles. The Labute approximate surface area is 173 Å². The van der Waals surface area contributed by atoms with E-state index in [1.165, 1.54) is 25.2 Å². The topological polar surface area (TPSA) is 78.7 Å². The van der Waals surface area contributed by atoms with Gasteiger partial charge in [0.2, 0.25) is 0 Å². The van der Waals surface area contributed by atoms with Crippen molar-refractivity contribution >= 4 is 5.96 Å². The summed E-state index contributed by atoms with van der Waals surface area (Å²) in [5.41, 5.74) is 1.07. The fourth-order valence-electron chi connectivity index (χ4n) is 2.54. The van der Waals surface area contributed by atoms with Crippen molar-refractivity contribution in [2.45, 2.75) is 33.0 Å². The maximum atomic E-state index is 14.0. The van der Waals surface area contributed by atoms with Gasteiger partial charge < -0.3 is 20.1 Å². The highest BCUT2D eigenvalue weighted by Crippen LogP contribution is 2.26. The third-order valence-corrected chi connectivity index (χ3v) is 4.03. The Morgan fingerprint density at radius 1 is 1.13 bits per heavy atom. The Hall–Kier alpha value is -3.41. The Balaban J connectivity index is 2.02. The number of guanidine groups is 1. The van der Waals surface area contributed by atoms with E-state index >= 15 is 0 Å². The van der Waals surface area contributed by atoms with Crippen molar-refractivity contribution in [3.63, 3.8) is 0 Å². The van der Waals surface area contributed by atoms with E-state index in [0.717, 1.165) is 12.5 Å². The molecule has 0 aliphatic rings. The third kappa shape index (κ3) is 6.88. The fraction of sp³-hybridized carbons (Fsp3) is 0.333. The van der Waals surface area contributed by atoms with Crippen LogP contribution in [-0.4, -0.2) is 26.2 Å². The lowest BCUT2D eigenvalue weighted by Gasteiger charge is -2.16. The number of nitriles is 1. The van der Waals surface area contributed by atoms with Crippen molar-refractivity contribution in [2.75, 3.05) is 13.7 Å². The van der Waals surface area contributed by atoms with Crippen LogP contribution in [0.15, 0.2) is 41.4 Å². The molecule has 0 aliphatic heterocycles. The van der Waals surface area contributed by atoms with E-state index in [1.807, 2.05) is 13.0 Å². The number of nitrogens with zero attached hydrogens (tertiary/aromatic N) is 2. The largest absolute Gasteiger partial charge is 0.493 e. The average molecular weight is 420 g/mol. The van der Waals surface area contributed by atoms with E-state index in [-0.39, 0.29) is 24.4 Å². The molecule has 2 aromatic rings. The molecule has 9 heteroatoms. The van der Waals surface area contributed by atoms with Crippen LogP contribution >= 0.6 is 0 Å². The van der Waals surface area contributed by atoms with Gasteiger partial charge in [0.15, 0.2) is 5.96 Å². The molecule has 30 heavy (non-hydrogen) atoms. The molecular formula is C21H23F3N4O2. The van der Waals surface area contributed by atoms with Crippen LogP contribution in [0.5, 0.6) is 11.5 Å². The lowest BCUT2D eigenvalue weighted by atomic mass is 10.1. The van der Waals surface area contributed by atoms with Gasteiger partial charge in [-0.3, -0.25) is 4.99 Å². The Kier molecular flexibility index (Phi) is 8.81. The van der Waals surface area contributed by atoms with Gasteiger partial charge in [0.1, 0.15) is 17.3 Å². The quantitative estimate of drug-likeness (QED) is 0.474. The molecule has 0 aliphatic carbocycles. The summed E-state index contributed by atoms with van der Waals surface area (Å²) in [6.07, 6.45) is 0.788. The van der Waals surface area contributed by atoms with Crippen LogP contribution in [0, 0.1) is 17.1 Å². The number of benzene rings is 2. The van der Waals surface area contributed by atoms with Crippen molar-refractivity contribution in [3.8, 4) is 17.6 Å². The molecule has 0 radical (unpaired) electrons. The number of hydrogen-bond acceptors (Lipinski definition) is 4. The lowest BCUT2D eigenvalue weighted by Crippen LogP contribution is -2.36. The standard InChI is InChI=1S/C21H23F3N4O2/c1-3-8-29-17-7-6-16(19(10-17)30-20(23)24)13-28-21(26-2)27-12-15-5-4-14(11-25)9-18(15)22/h4-7,9-10,20H,3,8,12-13H2,1-2H3,(H2,26,27,28). The Morgan fingerprint density at radius 2 is 1.83 bits per heavy atom. The summed E-state index contributed by atoms with van der Waals surface area (Å²) in [6, 6.07) is 10.8. The number of rotatable bonds is 9. The van der Waals surface area contributed by atoms with Crippen LogP contribution in [0.4, 0.5) is 13.2 Å². The molecule has 6 nitrogen and oxygen atoms in total. The van der Waals surface area contributed by atoms with E-state index in [4.69, 9.17) is 10.00 Å². The van der Waals surface area contributed by atoms with E-state index in [0.29, 0.717) is 29.4 Å². The number of alkyl halides is 2. The molecule has 0 heterocycles. The minimum absolute atomic E-state index is 0.000284. The van der Waals surface area contributed by atoms with Crippen LogP contribution in [-0.2, 0) is 13.1 Å². The number of ether oxygens (including phenoxy) is 2. The molecule has 0 spiro atoms. The minimum Gasteiger partial charge on any atom is -0.493 e. The van der Waals surface area contributed by atoms with Gasteiger partial charge in [0.05, 0.1) is 18.2 Å². The molecule has 0 bridgehead atoms. The summed E-state index contributed by atoms with van der Waals surface area (Å²) in [5.74, 6) is 0.273. The highest BCUT2D eigenvalue weighted by atomic mass is 19.3. The molecule has 0 saturated heterocycles.